The zero-order valence-corrected chi connectivity index (χ0v) is 30.1. The number of hydrogen-bond donors (Lipinski definition) is 3. The van der Waals surface area contributed by atoms with Gasteiger partial charge in [0.2, 0.25) is 21.8 Å². The van der Waals surface area contributed by atoms with E-state index >= 15 is 0 Å². The van der Waals surface area contributed by atoms with Crippen LogP contribution in [0.15, 0.2) is 30.4 Å². The van der Waals surface area contributed by atoms with E-state index in [1.807, 2.05) is 17.1 Å². The summed E-state index contributed by atoms with van der Waals surface area (Å²) in [5.74, 6) is -2.64. The maximum atomic E-state index is 14.5. The Morgan fingerprint density at radius 2 is 1.82 bits per heavy atom. The first-order valence-corrected chi connectivity index (χ1v) is 20.1. The van der Waals surface area contributed by atoms with Crippen LogP contribution < -0.4 is 20.3 Å². The fourth-order valence-electron chi connectivity index (χ4n) is 7.80. The molecule has 0 spiro atoms. The lowest BCUT2D eigenvalue weighted by molar-refractivity contribution is -0.141. The molecule has 276 valence electrons. The third-order valence-electron chi connectivity index (χ3n) is 11.0. The Balaban J connectivity index is 1.15. The normalized spacial score (nSPS) is 30.3. The summed E-state index contributed by atoms with van der Waals surface area (Å²) in [6.07, 6.45) is 9.28. The molecule has 2 saturated heterocycles. The Morgan fingerprint density at radius 1 is 1.04 bits per heavy atom. The molecule has 2 aliphatic carbocycles. The number of amides is 4. The summed E-state index contributed by atoms with van der Waals surface area (Å²) < 4.78 is 48.1. The molecule has 0 bridgehead atoms. The molecule has 2 saturated carbocycles. The van der Waals surface area contributed by atoms with E-state index in [1.165, 1.54) is 21.9 Å². The number of carbonyl (C=O) groups is 4. The van der Waals surface area contributed by atoms with Crippen LogP contribution in [0.5, 0.6) is 0 Å². The highest BCUT2D eigenvalue weighted by molar-refractivity contribution is 7.91. The molecule has 0 unspecified atom stereocenters. The van der Waals surface area contributed by atoms with Gasteiger partial charge in [-0.25, -0.2) is 17.6 Å². The maximum Gasteiger partial charge on any atom is 0.414 e. The Bertz CT molecular complexity index is 1730. The van der Waals surface area contributed by atoms with Crippen LogP contribution >= 0.6 is 12.2 Å². The quantitative estimate of drug-likeness (QED) is 0.303. The largest absolute Gasteiger partial charge is 0.444 e. The van der Waals surface area contributed by atoms with E-state index in [0.717, 1.165) is 51.6 Å². The fourth-order valence-corrected chi connectivity index (χ4v) is 9.48. The van der Waals surface area contributed by atoms with Gasteiger partial charge in [-0.1, -0.05) is 31.1 Å². The molecule has 1 aromatic rings. The number of rotatable bonds is 5. The Kier molecular flexibility index (Phi) is 10.00. The molecule has 51 heavy (non-hydrogen) atoms. The van der Waals surface area contributed by atoms with Crippen molar-refractivity contribution in [1.82, 2.24) is 25.2 Å². The highest BCUT2D eigenvalue weighted by Gasteiger charge is 2.62. The van der Waals surface area contributed by atoms with Gasteiger partial charge in [0.25, 0.3) is 5.91 Å². The molecule has 5 atom stereocenters. The number of carbonyl (C=O) groups excluding carboxylic acids is 4. The summed E-state index contributed by atoms with van der Waals surface area (Å²) >= 11 is 5.71. The third kappa shape index (κ3) is 7.44. The minimum absolute atomic E-state index is 0.0466. The summed E-state index contributed by atoms with van der Waals surface area (Å²) in [5, 5.41) is 5.97. The van der Waals surface area contributed by atoms with E-state index in [-0.39, 0.29) is 31.8 Å². The van der Waals surface area contributed by atoms with Crippen molar-refractivity contribution < 1.29 is 36.7 Å². The second kappa shape index (κ2) is 14.3. The molecule has 0 radical (unpaired) electrons. The standard InChI is InChI=1S/C35H45FN6O7S2/c36-26-10-8-12-28-25(26)15-18-41(28)34(46)49-23-19-29-30(43)38-35(32(45)39-51(47,48)24-13-14-24)20-22(35)9-4-2-1-3-5-11-27(31(44)42(29)21-23)37-33(50)40-16-6-7-17-40/h4,8-10,12,22-24,27,29H,1-3,5-7,11,13-21H2,(H,37,50)(H,38,43)(H,39,45)/b9-4-/t22-,23-,27+,29+,35-/m1/s1. The van der Waals surface area contributed by atoms with Crippen molar-refractivity contribution in [3.63, 3.8) is 0 Å². The lowest BCUT2D eigenvalue weighted by Crippen LogP contribution is -2.58. The summed E-state index contributed by atoms with van der Waals surface area (Å²) in [7, 11) is -3.89. The molecule has 4 fully saturated rings. The second-order valence-corrected chi connectivity index (χ2v) is 16.9. The Morgan fingerprint density at radius 3 is 2.59 bits per heavy atom. The summed E-state index contributed by atoms with van der Waals surface area (Å²) in [6.45, 7) is 1.72. The van der Waals surface area contributed by atoms with Crippen molar-refractivity contribution in [3.8, 4) is 0 Å². The Labute approximate surface area is 302 Å². The van der Waals surface area contributed by atoms with Gasteiger partial charge in [0.1, 0.15) is 29.5 Å². The van der Waals surface area contributed by atoms with Crippen LogP contribution in [0.25, 0.3) is 0 Å². The van der Waals surface area contributed by atoms with Crippen LogP contribution in [0, 0.1) is 11.7 Å². The molecule has 4 aliphatic heterocycles. The van der Waals surface area contributed by atoms with Gasteiger partial charge in [-0.15, -0.1) is 0 Å². The lowest BCUT2D eigenvalue weighted by Gasteiger charge is -2.31. The first-order valence-electron chi connectivity index (χ1n) is 18.1. The first kappa shape index (κ1) is 35.6. The van der Waals surface area contributed by atoms with E-state index in [4.69, 9.17) is 17.0 Å². The fraction of sp³-hybridized carbons (Fsp3) is 0.629. The van der Waals surface area contributed by atoms with Gasteiger partial charge in [0, 0.05) is 37.5 Å². The molecule has 4 amide bonds. The molecule has 6 aliphatic rings. The molecular formula is C35H45FN6O7S2. The SMILES string of the molecule is O=C1N[C@]2(C(=O)NS(=O)(=O)C3CC3)C[C@H]2/C=C\CCCCC[C@H](NC(=S)N2CCCC2)C(=O)N2C[C@H](OC(=O)N3CCc4c(F)cccc43)C[C@@H]12. The zero-order chi connectivity index (χ0) is 35.9. The van der Waals surface area contributed by atoms with Crippen molar-refractivity contribution in [3.05, 3.63) is 41.7 Å². The van der Waals surface area contributed by atoms with Crippen molar-refractivity contribution >= 4 is 56.9 Å². The first-order chi connectivity index (χ1) is 24.5. The number of hydrogen-bond acceptors (Lipinski definition) is 8. The smallest absolute Gasteiger partial charge is 0.414 e. The van der Waals surface area contributed by atoms with Gasteiger partial charge in [-0.05, 0) is 82.1 Å². The van der Waals surface area contributed by atoms with Crippen molar-refractivity contribution in [2.75, 3.05) is 31.1 Å². The molecule has 0 aromatic heterocycles. The minimum Gasteiger partial charge on any atom is -0.444 e. The number of fused-ring (bicyclic) bond motifs is 3. The second-order valence-electron chi connectivity index (χ2n) is 14.6. The number of ether oxygens (including phenoxy) is 1. The molecule has 7 rings (SSSR count). The number of nitrogens with zero attached hydrogens (tertiary/aromatic N) is 3. The van der Waals surface area contributed by atoms with Gasteiger partial charge < -0.3 is 25.2 Å². The summed E-state index contributed by atoms with van der Waals surface area (Å²) in [5.41, 5.74) is -0.660. The van der Waals surface area contributed by atoms with E-state index in [2.05, 4.69) is 15.4 Å². The van der Waals surface area contributed by atoms with Crippen LogP contribution in [0.3, 0.4) is 0 Å². The number of sulfonamides is 1. The Hall–Kier alpha value is -3.79. The number of allylic oxidation sites excluding steroid dienone is 1. The predicted molar refractivity (Wildman–Crippen MR) is 189 cm³/mol. The van der Waals surface area contributed by atoms with Crippen LogP contribution in [-0.4, -0.2) is 102 Å². The molecule has 4 heterocycles. The van der Waals surface area contributed by atoms with Crippen LogP contribution in [0.1, 0.15) is 76.2 Å². The van der Waals surface area contributed by atoms with Crippen LogP contribution in [0.2, 0.25) is 0 Å². The van der Waals surface area contributed by atoms with E-state index in [0.29, 0.717) is 42.0 Å². The average Bonchev–Trinajstić information content (AvgIpc) is 3.85. The predicted octanol–water partition coefficient (Wildman–Crippen LogP) is 2.64. The number of thiocarbonyl (C=S) groups is 1. The van der Waals surface area contributed by atoms with Gasteiger partial charge in [0.05, 0.1) is 17.5 Å². The van der Waals surface area contributed by atoms with Gasteiger partial charge in [-0.2, -0.15) is 0 Å². The number of halogens is 1. The van der Waals surface area contributed by atoms with Crippen LogP contribution in [0.4, 0.5) is 14.9 Å². The van der Waals surface area contributed by atoms with Crippen molar-refractivity contribution in [2.45, 2.75) is 106 Å². The zero-order valence-electron chi connectivity index (χ0n) is 28.5. The number of anilines is 1. The molecule has 16 heteroatoms. The van der Waals surface area contributed by atoms with Crippen molar-refractivity contribution in [2.24, 2.45) is 5.92 Å². The molecule has 1 aromatic carbocycles. The molecule has 13 nitrogen and oxygen atoms in total. The molecule has 3 N–H and O–H groups in total. The third-order valence-corrected chi connectivity index (χ3v) is 13.2. The van der Waals surface area contributed by atoms with Crippen molar-refractivity contribution in [1.29, 1.82) is 0 Å². The topological polar surface area (TPSA) is 157 Å². The highest BCUT2D eigenvalue weighted by Crippen LogP contribution is 2.46. The minimum atomic E-state index is -3.89. The monoisotopic (exact) mass is 744 g/mol. The van der Waals surface area contributed by atoms with Crippen LogP contribution in [-0.2, 0) is 35.6 Å². The van der Waals surface area contributed by atoms with E-state index in [9.17, 15) is 32.0 Å². The molecular weight excluding hydrogens is 700 g/mol. The number of nitrogens with one attached hydrogen (secondary N) is 3. The van der Waals surface area contributed by atoms with E-state index in [1.54, 1.807) is 6.07 Å². The average molecular weight is 745 g/mol. The van der Waals surface area contributed by atoms with Gasteiger partial charge in [0.15, 0.2) is 5.11 Å². The highest BCUT2D eigenvalue weighted by atomic mass is 32.2. The number of benzene rings is 1. The summed E-state index contributed by atoms with van der Waals surface area (Å²) in [4.78, 5) is 60.6. The lowest BCUT2D eigenvalue weighted by atomic mass is 10.0. The van der Waals surface area contributed by atoms with Gasteiger partial charge in [-0.3, -0.25) is 24.0 Å². The maximum absolute atomic E-state index is 14.5. The van der Waals surface area contributed by atoms with Gasteiger partial charge >= 0.3 is 6.09 Å². The summed E-state index contributed by atoms with van der Waals surface area (Å²) in [6, 6.07) is 2.65. The van der Waals surface area contributed by atoms with E-state index < -0.39 is 68.6 Å². The number of likely N-dealkylation sites (tertiary alicyclic amines) is 1.